The van der Waals surface area contributed by atoms with Gasteiger partial charge in [0.1, 0.15) is 17.2 Å². The minimum absolute atomic E-state index is 0.0471. The van der Waals surface area contributed by atoms with Gasteiger partial charge >= 0.3 is 0 Å². The second kappa shape index (κ2) is 12.0. The summed E-state index contributed by atoms with van der Waals surface area (Å²) in [5.74, 6) is 1.85. The van der Waals surface area contributed by atoms with Gasteiger partial charge in [0.25, 0.3) is 5.91 Å². The number of methoxy groups -OCH3 is 3. The van der Waals surface area contributed by atoms with E-state index in [-0.39, 0.29) is 24.0 Å². The number of nitrogens with one attached hydrogen (secondary N) is 2. The van der Waals surface area contributed by atoms with E-state index < -0.39 is 5.91 Å². The van der Waals surface area contributed by atoms with E-state index in [1.165, 1.54) is 18.0 Å². The molecule has 192 valence electrons. The number of rotatable bonds is 11. The van der Waals surface area contributed by atoms with Crippen LogP contribution in [0, 0.1) is 0 Å². The zero-order valence-electron chi connectivity index (χ0n) is 20.4. The Kier molecular flexibility index (Phi) is 8.31. The normalized spacial score (nSPS) is 10.6. The van der Waals surface area contributed by atoms with Crippen molar-refractivity contribution < 1.29 is 28.2 Å². The lowest BCUT2D eigenvalue weighted by molar-refractivity contribution is -0.113. The number of thioether (sulfide) groups is 1. The number of hydrogen-bond donors (Lipinski definition) is 2. The Labute approximate surface area is 217 Å². The summed E-state index contributed by atoms with van der Waals surface area (Å²) < 4.78 is 23.0. The zero-order chi connectivity index (χ0) is 26.2. The minimum Gasteiger partial charge on any atom is -0.497 e. The van der Waals surface area contributed by atoms with Crippen molar-refractivity contribution in [3.05, 3.63) is 72.4 Å². The highest BCUT2D eigenvalue weighted by atomic mass is 32.2. The first-order valence-electron chi connectivity index (χ1n) is 11.1. The predicted octanol–water partition coefficient (Wildman–Crippen LogP) is 3.55. The number of aromatic nitrogens is 3. The topological polar surface area (TPSA) is 130 Å². The highest BCUT2D eigenvalue weighted by Gasteiger charge is 2.21. The number of anilines is 1. The lowest BCUT2D eigenvalue weighted by Crippen LogP contribution is -2.24. The molecule has 12 heteroatoms. The third-order valence-electron chi connectivity index (χ3n) is 5.19. The van der Waals surface area contributed by atoms with E-state index in [1.807, 2.05) is 0 Å². The molecule has 0 unspecified atom stereocenters. The van der Waals surface area contributed by atoms with Crippen LogP contribution in [0.5, 0.6) is 17.2 Å². The fraction of sp³-hybridized carbons (Fsp3) is 0.200. The number of ether oxygens (including phenoxy) is 3. The van der Waals surface area contributed by atoms with Crippen LogP contribution in [0.3, 0.4) is 0 Å². The zero-order valence-corrected chi connectivity index (χ0v) is 21.2. The van der Waals surface area contributed by atoms with Crippen LogP contribution in [-0.4, -0.2) is 53.7 Å². The van der Waals surface area contributed by atoms with Crippen LogP contribution < -0.4 is 24.8 Å². The minimum atomic E-state index is -0.398. The van der Waals surface area contributed by atoms with Gasteiger partial charge in [-0.05, 0) is 48.5 Å². The monoisotopic (exact) mass is 523 g/mol. The van der Waals surface area contributed by atoms with Crippen LogP contribution in [0.15, 0.2) is 70.4 Å². The van der Waals surface area contributed by atoms with Crippen molar-refractivity contribution in [3.63, 3.8) is 0 Å². The summed E-state index contributed by atoms with van der Waals surface area (Å²) in [6, 6.07) is 15.5. The molecule has 2 N–H and O–H groups in total. The van der Waals surface area contributed by atoms with Crippen LogP contribution >= 0.6 is 11.8 Å². The Morgan fingerprint density at radius 2 is 1.73 bits per heavy atom. The average molecular weight is 524 g/mol. The van der Waals surface area contributed by atoms with Gasteiger partial charge in [-0.2, -0.15) is 0 Å². The smallest absolute Gasteiger partial charge is 0.287 e. The average Bonchev–Trinajstić information content (AvgIpc) is 3.61. The molecule has 2 aromatic carbocycles. The molecule has 37 heavy (non-hydrogen) atoms. The van der Waals surface area contributed by atoms with E-state index >= 15 is 0 Å². The molecule has 2 aromatic heterocycles. The molecule has 0 fully saturated rings. The summed E-state index contributed by atoms with van der Waals surface area (Å²) in [6.45, 7) is 0.0471. The Hall–Kier alpha value is -4.45. The summed E-state index contributed by atoms with van der Waals surface area (Å²) in [5.41, 5.74) is 1.23. The first-order valence-corrected chi connectivity index (χ1v) is 12.1. The fourth-order valence-electron chi connectivity index (χ4n) is 3.38. The van der Waals surface area contributed by atoms with Gasteiger partial charge in [0.2, 0.25) is 5.91 Å². The van der Waals surface area contributed by atoms with Crippen molar-refractivity contribution in [1.29, 1.82) is 0 Å². The maximum Gasteiger partial charge on any atom is 0.287 e. The molecule has 0 saturated carbocycles. The molecule has 0 aliphatic carbocycles. The summed E-state index contributed by atoms with van der Waals surface area (Å²) >= 11 is 1.19. The second-order valence-electron chi connectivity index (χ2n) is 7.50. The van der Waals surface area contributed by atoms with Crippen LogP contribution in [0.25, 0.3) is 5.69 Å². The summed E-state index contributed by atoms with van der Waals surface area (Å²) in [7, 11) is 4.68. The molecule has 0 aliphatic rings. The van der Waals surface area contributed by atoms with Crippen molar-refractivity contribution in [2.75, 3.05) is 32.4 Å². The van der Waals surface area contributed by atoms with E-state index in [0.29, 0.717) is 39.6 Å². The quantitative estimate of drug-likeness (QED) is 0.284. The number of amides is 2. The highest BCUT2D eigenvalue weighted by molar-refractivity contribution is 7.99. The first-order chi connectivity index (χ1) is 18.0. The van der Waals surface area contributed by atoms with E-state index in [0.717, 1.165) is 0 Å². The number of furan rings is 1. The van der Waals surface area contributed by atoms with Crippen LogP contribution in [-0.2, 0) is 11.3 Å². The number of benzene rings is 2. The molecule has 0 spiro atoms. The maximum absolute atomic E-state index is 12.6. The summed E-state index contributed by atoms with van der Waals surface area (Å²) in [4.78, 5) is 25.0. The Bertz CT molecular complexity index is 1350. The first kappa shape index (κ1) is 25.6. The molecule has 4 rings (SSSR count). The van der Waals surface area contributed by atoms with E-state index in [4.69, 9.17) is 18.6 Å². The number of carbonyl (C=O) groups is 2. The van der Waals surface area contributed by atoms with Crippen molar-refractivity contribution in [3.8, 4) is 22.9 Å². The van der Waals surface area contributed by atoms with Crippen molar-refractivity contribution >= 4 is 29.3 Å². The van der Waals surface area contributed by atoms with Crippen LogP contribution in [0.4, 0.5) is 5.69 Å². The standard InChI is InChI=1S/C25H25N5O6S/c1-33-17-8-6-16(7-9-17)27-23(31)15-37-25-29-28-22(14-26-24(32)21-5-4-12-36-21)30(25)19-13-18(34-2)10-11-20(19)35-3/h4-13H,14-15H2,1-3H3,(H,26,32)(H,27,31). The molecule has 0 atom stereocenters. The largest absolute Gasteiger partial charge is 0.497 e. The van der Waals surface area contributed by atoms with E-state index in [2.05, 4.69) is 20.8 Å². The highest BCUT2D eigenvalue weighted by Crippen LogP contribution is 2.32. The van der Waals surface area contributed by atoms with Crippen LogP contribution in [0.1, 0.15) is 16.4 Å². The fourth-order valence-corrected chi connectivity index (χ4v) is 4.14. The van der Waals surface area contributed by atoms with Gasteiger partial charge in [-0.3, -0.25) is 14.2 Å². The van der Waals surface area contributed by atoms with Crippen molar-refractivity contribution in [2.45, 2.75) is 11.7 Å². The summed E-state index contributed by atoms with van der Waals surface area (Å²) in [6.07, 6.45) is 1.42. The summed E-state index contributed by atoms with van der Waals surface area (Å²) in [5, 5.41) is 14.6. The Morgan fingerprint density at radius 3 is 2.41 bits per heavy atom. The lowest BCUT2D eigenvalue weighted by atomic mass is 10.2. The molecule has 4 aromatic rings. The molecular formula is C25H25N5O6S. The molecule has 0 radical (unpaired) electrons. The third kappa shape index (κ3) is 6.22. The van der Waals surface area contributed by atoms with Gasteiger partial charge in [-0.25, -0.2) is 0 Å². The van der Waals surface area contributed by atoms with Gasteiger partial charge < -0.3 is 29.3 Å². The molecule has 11 nitrogen and oxygen atoms in total. The van der Waals surface area contributed by atoms with Gasteiger partial charge in [0, 0.05) is 11.8 Å². The third-order valence-corrected chi connectivity index (χ3v) is 6.11. The predicted molar refractivity (Wildman–Crippen MR) is 137 cm³/mol. The molecule has 0 bridgehead atoms. The SMILES string of the molecule is COc1ccc(NC(=O)CSc2nnc(CNC(=O)c3ccco3)n2-c2cc(OC)ccc2OC)cc1. The number of hydrogen-bond acceptors (Lipinski definition) is 9. The molecule has 2 heterocycles. The lowest BCUT2D eigenvalue weighted by Gasteiger charge is -2.15. The maximum atomic E-state index is 12.6. The molecular weight excluding hydrogens is 498 g/mol. The van der Waals surface area contributed by atoms with Crippen molar-refractivity contribution in [2.24, 2.45) is 0 Å². The van der Waals surface area contributed by atoms with E-state index in [1.54, 1.807) is 80.5 Å². The van der Waals surface area contributed by atoms with Gasteiger partial charge in [0.05, 0.1) is 45.6 Å². The van der Waals surface area contributed by atoms with Gasteiger partial charge in [0.15, 0.2) is 16.7 Å². The molecule has 0 saturated heterocycles. The Morgan fingerprint density at radius 1 is 0.973 bits per heavy atom. The van der Waals surface area contributed by atoms with Crippen molar-refractivity contribution in [1.82, 2.24) is 20.1 Å². The number of carbonyl (C=O) groups excluding carboxylic acids is 2. The number of nitrogens with zero attached hydrogens (tertiary/aromatic N) is 3. The van der Waals surface area contributed by atoms with Gasteiger partial charge in [-0.1, -0.05) is 11.8 Å². The molecule has 2 amide bonds. The van der Waals surface area contributed by atoms with E-state index in [9.17, 15) is 9.59 Å². The van der Waals surface area contributed by atoms with Crippen LogP contribution in [0.2, 0.25) is 0 Å². The Balaban J connectivity index is 1.57. The van der Waals surface area contributed by atoms with Gasteiger partial charge in [-0.15, -0.1) is 10.2 Å². The molecule has 0 aliphatic heterocycles. The second-order valence-corrected chi connectivity index (χ2v) is 8.44.